The molecule has 1 aromatic heterocycles. The molecule has 0 bridgehead atoms. The number of aryl methyl sites for hydroxylation is 1. The first-order valence-corrected chi connectivity index (χ1v) is 10.2. The normalized spacial score (nSPS) is 22.8. The number of para-hydroxylation sites is 1. The quantitative estimate of drug-likeness (QED) is 0.777. The summed E-state index contributed by atoms with van der Waals surface area (Å²) >= 11 is 0. The van der Waals surface area contributed by atoms with Gasteiger partial charge in [-0.15, -0.1) is 0 Å². The average molecular weight is 393 g/mol. The van der Waals surface area contributed by atoms with Crippen LogP contribution in [0.25, 0.3) is 0 Å². The smallest absolute Gasteiger partial charge is 0.256 e. The number of ketones is 1. The third kappa shape index (κ3) is 2.65. The van der Waals surface area contributed by atoms with Crippen molar-refractivity contribution in [1.82, 2.24) is 9.88 Å². The van der Waals surface area contributed by atoms with E-state index < -0.39 is 5.41 Å². The Morgan fingerprint density at radius 2 is 1.97 bits per heavy atom. The number of anilines is 1. The van der Waals surface area contributed by atoms with Gasteiger partial charge in [0.1, 0.15) is 0 Å². The van der Waals surface area contributed by atoms with Crippen LogP contribution < -0.4 is 5.32 Å². The molecule has 0 unspecified atom stereocenters. The highest BCUT2D eigenvalue weighted by Gasteiger charge is 2.58. The Balaban J connectivity index is 1.78. The predicted octanol–water partition coefficient (Wildman–Crippen LogP) is 3.74. The number of nitrogens with one attached hydrogen (secondary N) is 2. The lowest BCUT2D eigenvalue weighted by atomic mass is 9.73. The molecule has 1 aromatic carbocycles. The molecule has 3 heterocycles. The minimum Gasteiger partial charge on any atom is -0.355 e. The molecule has 1 spiro atoms. The van der Waals surface area contributed by atoms with Crippen molar-refractivity contribution >= 4 is 23.3 Å². The van der Waals surface area contributed by atoms with Crippen molar-refractivity contribution in [2.24, 2.45) is 0 Å². The molecule has 152 valence electrons. The summed E-state index contributed by atoms with van der Waals surface area (Å²) in [4.78, 5) is 43.7. The molecule has 2 aliphatic heterocycles. The van der Waals surface area contributed by atoms with Gasteiger partial charge < -0.3 is 15.2 Å². The molecule has 6 nitrogen and oxygen atoms in total. The molecule has 29 heavy (non-hydrogen) atoms. The number of fused-ring (bicyclic) bond motifs is 2. The van der Waals surface area contributed by atoms with Gasteiger partial charge >= 0.3 is 0 Å². The molecule has 0 radical (unpaired) electrons. The number of hydrogen-bond acceptors (Lipinski definition) is 3. The van der Waals surface area contributed by atoms with Crippen molar-refractivity contribution in [3.63, 3.8) is 0 Å². The number of Topliss-reactive ketones (excluding diaryl/α,β-unsaturated/α-hetero) is 1. The molecule has 2 aromatic rings. The molecule has 2 amide bonds. The number of H-pyrrole nitrogens is 1. The van der Waals surface area contributed by atoms with Gasteiger partial charge in [0.05, 0.1) is 22.7 Å². The van der Waals surface area contributed by atoms with Gasteiger partial charge in [0, 0.05) is 24.8 Å². The van der Waals surface area contributed by atoms with E-state index in [9.17, 15) is 14.4 Å². The Morgan fingerprint density at radius 1 is 1.24 bits per heavy atom. The first kappa shape index (κ1) is 19.4. The van der Waals surface area contributed by atoms with E-state index in [0.717, 1.165) is 24.1 Å². The summed E-state index contributed by atoms with van der Waals surface area (Å²) in [5, 5.41) is 3.03. The molecule has 4 rings (SSSR count). The number of rotatable bonds is 4. The maximum atomic E-state index is 13.6. The summed E-state index contributed by atoms with van der Waals surface area (Å²) in [7, 11) is 0. The number of aromatic nitrogens is 1. The van der Waals surface area contributed by atoms with Gasteiger partial charge in [-0.3, -0.25) is 14.4 Å². The van der Waals surface area contributed by atoms with Crippen LogP contribution in [0.3, 0.4) is 0 Å². The molecule has 2 aliphatic rings. The molecular weight excluding hydrogens is 366 g/mol. The molecule has 2 N–H and O–H groups in total. The second-order valence-corrected chi connectivity index (χ2v) is 8.21. The molecule has 6 heteroatoms. The standard InChI is InChI=1S/C23H27N3O3/c1-5-8-18-23(16-9-6-7-10-17(16)25-22(23)29)11-12-26(18)21(28)19-13(2)20(15(4)27)24-14(19)3/h6-7,9-10,18,24H,5,8,11-12H2,1-4H3,(H,25,29)/t18-,23-/m0/s1. The zero-order valence-electron chi connectivity index (χ0n) is 17.4. The average Bonchev–Trinajstić information content (AvgIpc) is 3.29. The van der Waals surface area contributed by atoms with Crippen molar-refractivity contribution in [2.45, 2.75) is 58.4 Å². The number of amides is 2. The fourth-order valence-electron chi connectivity index (χ4n) is 5.29. The van der Waals surface area contributed by atoms with E-state index in [-0.39, 0.29) is 23.6 Å². The Morgan fingerprint density at radius 3 is 2.62 bits per heavy atom. The number of likely N-dealkylation sites (tertiary alicyclic amines) is 1. The van der Waals surface area contributed by atoms with Crippen LogP contribution in [0.5, 0.6) is 0 Å². The van der Waals surface area contributed by atoms with Gasteiger partial charge in [0.2, 0.25) is 5.91 Å². The SMILES string of the molecule is CCC[C@@H]1N(C(=O)c2c(C)[nH]c(C(C)=O)c2C)CC[C@@]12C(=O)Nc1ccccc12. The minimum absolute atomic E-state index is 0.0145. The molecule has 1 saturated heterocycles. The highest BCUT2D eigenvalue weighted by Crippen LogP contribution is 2.49. The van der Waals surface area contributed by atoms with Gasteiger partial charge in [0.25, 0.3) is 5.91 Å². The monoisotopic (exact) mass is 393 g/mol. The molecule has 2 atom stereocenters. The maximum absolute atomic E-state index is 13.6. The van der Waals surface area contributed by atoms with Crippen LogP contribution in [0.15, 0.2) is 24.3 Å². The van der Waals surface area contributed by atoms with E-state index in [1.807, 2.05) is 43.0 Å². The number of nitrogens with zero attached hydrogens (tertiary/aromatic N) is 1. The number of carbonyl (C=O) groups is 3. The van der Waals surface area contributed by atoms with E-state index in [1.165, 1.54) is 6.92 Å². The second kappa shape index (κ2) is 6.87. The van der Waals surface area contributed by atoms with Crippen molar-refractivity contribution in [2.75, 3.05) is 11.9 Å². The first-order valence-electron chi connectivity index (χ1n) is 10.2. The maximum Gasteiger partial charge on any atom is 0.256 e. The summed E-state index contributed by atoms with van der Waals surface area (Å²) in [6.07, 6.45) is 2.22. The van der Waals surface area contributed by atoms with Gasteiger partial charge in [-0.1, -0.05) is 31.5 Å². The van der Waals surface area contributed by atoms with E-state index in [0.29, 0.717) is 35.5 Å². The van der Waals surface area contributed by atoms with Crippen LogP contribution in [-0.4, -0.2) is 40.1 Å². The molecule has 0 aliphatic carbocycles. The van der Waals surface area contributed by atoms with Gasteiger partial charge in [-0.05, 0) is 43.9 Å². The summed E-state index contributed by atoms with van der Waals surface area (Å²) in [5.41, 5.74) is 3.56. The third-order valence-corrected chi connectivity index (χ3v) is 6.58. The van der Waals surface area contributed by atoms with Crippen molar-refractivity contribution in [3.8, 4) is 0 Å². The van der Waals surface area contributed by atoms with Crippen LogP contribution in [0.2, 0.25) is 0 Å². The van der Waals surface area contributed by atoms with E-state index >= 15 is 0 Å². The lowest BCUT2D eigenvalue weighted by Gasteiger charge is -2.34. The van der Waals surface area contributed by atoms with Crippen molar-refractivity contribution in [3.05, 3.63) is 52.3 Å². The number of benzene rings is 1. The van der Waals surface area contributed by atoms with E-state index in [1.54, 1.807) is 0 Å². The van der Waals surface area contributed by atoms with Gasteiger partial charge in [-0.2, -0.15) is 0 Å². The zero-order chi connectivity index (χ0) is 20.9. The minimum atomic E-state index is -0.705. The van der Waals surface area contributed by atoms with E-state index in [4.69, 9.17) is 0 Å². The van der Waals surface area contributed by atoms with Crippen LogP contribution in [0, 0.1) is 13.8 Å². The van der Waals surface area contributed by atoms with Crippen LogP contribution >= 0.6 is 0 Å². The summed E-state index contributed by atoms with van der Waals surface area (Å²) in [5.74, 6) is -0.201. The third-order valence-electron chi connectivity index (χ3n) is 6.58. The van der Waals surface area contributed by atoms with Gasteiger partial charge in [0.15, 0.2) is 5.78 Å². The van der Waals surface area contributed by atoms with Gasteiger partial charge in [-0.25, -0.2) is 0 Å². The summed E-state index contributed by atoms with van der Waals surface area (Å²) < 4.78 is 0. The second-order valence-electron chi connectivity index (χ2n) is 8.21. The number of carbonyl (C=O) groups excluding carboxylic acids is 3. The summed E-state index contributed by atoms with van der Waals surface area (Å²) in [6.45, 7) is 7.73. The lowest BCUT2D eigenvalue weighted by Crippen LogP contribution is -2.48. The van der Waals surface area contributed by atoms with E-state index in [2.05, 4.69) is 17.2 Å². The Labute approximate surface area is 170 Å². The predicted molar refractivity (Wildman–Crippen MR) is 111 cm³/mol. The molecular formula is C23H27N3O3. The largest absolute Gasteiger partial charge is 0.355 e. The zero-order valence-corrected chi connectivity index (χ0v) is 17.4. The Kier molecular flexibility index (Phi) is 4.60. The van der Waals surface area contributed by atoms with Crippen molar-refractivity contribution in [1.29, 1.82) is 0 Å². The highest BCUT2D eigenvalue weighted by atomic mass is 16.2. The molecule has 1 fully saturated rings. The van der Waals surface area contributed by atoms with Crippen LogP contribution in [0.1, 0.15) is 70.8 Å². The van der Waals surface area contributed by atoms with Crippen molar-refractivity contribution < 1.29 is 14.4 Å². The topological polar surface area (TPSA) is 82.3 Å². The van der Waals surface area contributed by atoms with Crippen LogP contribution in [0.4, 0.5) is 5.69 Å². The first-order chi connectivity index (χ1) is 13.8. The van der Waals surface area contributed by atoms with Crippen LogP contribution in [-0.2, 0) is 10.2 Å². The lowest BCUT2D eigenvalue weighted by molar-refractivity contribution is -0.121. The fourth-order valence-corrected chi connectivity index (χ4v) is 5.29. The fraction of sp³-hybridized carbons (Fsp3) is 0.435. The molecule has 0 saturated carbocycles. The Bertz CT molecular complexity index is 1020. The Hall–Kier alpha value is -2.89. The summed E-state index contributed by atoms with van der Waals surface area (Å²) in [6, 6.07) is 7.59. The number of aromatic amines is 1. The number of hydrogen-bond donors (Lipinski definition) is 2. The highest BCUT2D eigenvalue weighted by molar-refractivity contribution is 6.09.